The number of hydrogen-bond donors (Lipinski definition) is 2. The van der Waals surface area contributed by atoms with E-state index in [1.165, 1.54) is 131 Å². The predicted molar refractivity (Wildman–Crippen MR) is 517 cm³/mol. The molecule has 0 aliphatic carbocycles. The van der Waals surface area contributed by atoms with Crippen LogP contribution >= 0.6 is 0 Å². The fraction of sp³-hybridized carbons (Fsp3) is 0.138. The van der Waals surface area contributed by atoms with Gasteiger partial charge in [0.2, 0.25) is 0 Å². The molecular weight excluding hydrogens is 1450 g/mol. The van der Waals surface area contributed by atoms with E-state index in [9.17, 15) is 0 Å². The van der Waals surface area contributed by atoms with Gasteiger partial charge in [0.05, 0.1) is 22.8 Å². The van der Waals surface area contributed by atoms with Crippen molar-refractivity contribution in [2.45, 2.75) is 105 Å². The second-order valence-electron chi connectivity index (χ2n) is 37.5. The van der Waals surface area contributed by atoms with E-state index in [0.29, 0.717) is 0 Å². The van der Waals surface area contributed by atoms with Crippen molar-refractivity contribution in [2.24, 2.45) is 0 Å². The van der Waals surface area contributed by atoms with Crippen molar-refractivity contribution in [3.05, 3.63) is 360 Å². The van der Waals surface area contributed by atoms with Crippen LogP contribution in [0.25, 0.3) is 222 Å². The largest absolute Gasteiger partial charge is 0.354 e. The second kappa shape index (κ2) is 27.9. The highest BCUT2D eigenvalue weighted by Crippen LogP contribution is 2.51. The number of nitrogens with zero attached hydrogens (tertiary/aromatic N) is 2. The lowest BCUT2D eigenvalue weighted by atomic mass is 9.78. The molecule has 8 bridgehead atoms. The van der Waals surface area contributed by atoms with Crippen LogP contribution in [-0.4, -0.2) is 19.9 Å². The van der Waals surface area contributed by atoms with Crippen LogP contribution in [0.5, 0.6) is 0 Å². The molecule has 0 spiro atoms. The van der Waals surface area contributed by atoms with Crippen molar-refractivity contribution in [1.82, 2.24) is 19.9 Å². The zero-order valence-corrected chi connectivity index (χ0v) is 70.2. The van der Waals surface area contributed by atoms with Crippen LogP contribution in [0.15, 0.2) is 315 Å². The van der Waals surface area contributed by atoms with Gasteiger partial charge in [-0.2, -0.15) is 0 Å². The lowest BCUT2D eigenvalue weighted by Crippen LogP contribution is -2.16. The van der Waals surface area contributed by atoms with Crippen LogP contribution in [0.2, 0.25) is 0 Å². The third kappa shape index (κ3) is 12.8. The van der Waals surface area contributed by atoms with Crippen molar-refractivity contribution in [3.8, 4) is 89.0 Å². The van der Waals surface area contributed by atoms with Crippen molar-refractivity contribution in [2.75, 3.05) is 0 Å². The van der Waals surface area contributed by atoms with Gasteiger partial charge in [-0.15, -0.1) is 0 Å². The summed E-state index contributed by atoms with van der Waals surface area (Å²) in [5, 5.41) is 19.1. The van der Waals surface area contributed by atoms with Gasteiger partial charge in [-0.25, -0.2) is 9.97 Å². The van der Waals surface area contributed by atoms with Crippen molar-refractivity contribution in [1.29, 1.82) is 0 Å². The molecule has 2 N–H and O–H groups in total. The first-order valence-electron chi connectivity index (χ1n) is 42.4. The highest BCUT2D eigenvalue weighted by molar-refractivity contribution is 6.25. The Bertz CT molecular complexity index is 7280. The van der Waals surface area contributed by atoms with E-state index in [0.717, 1.165) is 111 Å². The van der Waals surface area contributed by atoms with Crippen LogP contribution in [0.3, 0.4) is 0 Å². The highest BCUT2D eigenvalue weighted by atomic mass is 14.8. The zero-order valence-electron chi connectivity index (χ0n) is 70.2. The van der Waals surface area contributed by atoms with Crippen LogP contribution in [0, 0.1) is 0 Å². The topological polar surface area (TPSA) is 57.4 Å². The van der Waals surface area contributed by atoms with Crippen LogP contribution < -0.4 is 0 Å². The Kier molecular flexibility index (Phi) is 17.2. The summed E-state index contributed by atoms with van der Waals surface area (Å²) >= 11 is 0. The van der Waals surface area contributed by atoms with E-state index in [1.54, 1.807) is 0 Å². The number of benzene rings is 16. The molecule has 0 atom stereocenters. The first kappa shape index (κ1) is 73.8. The van der Waals surface area contributed by atoms with Gasteiger partial charge in [0.1, 0.15) is 0 Å². The molecule has 0 saturated carbocycles. The summed E-state index contributed by atoms with van der Waals surface area (Å²) in [6, 6.07) is 119. The van der Waals surface area contributed by atoms with Gasteiger partial charge < -0.3 is 9.97 Å². The summed E-state index contributed by atoms with van der Waals surface area (Å²) in [6.45, 7) is 28.0. The molecule has 0 saturated heterocycles. The summed E-state index contributed by atoms with van der Waals surface area (Å²) in [4.78, 5) is 20.8. The van der Waals surface area contributed by atoms with E-state index in [-0.39, 0.29) is 21.7 Å². The van der Waals surface area contributed by atoms with Crippen LogP contribution in [-0.2, 0) is 21.7 Å². The maximum atomic E-state index is 6.11. The molecule has 2 aliphatic heterocycles. The third-order valence-corrected chi connectivity index (χ3v) is 25.4. The molecule has 0 fully saturated rings. The quantitative estimate of drug-likeness (QED) is 0.149. The Morgan fingerprint density at radius 2 is 0.392 bits per heavy atom. The average Bonchev–Trinajstić information content (AvgIpc) is 0.744. The number of fused-ring (bicyclic) bond motifs is 16. The molecule has 4 nitrogen and oxygen atoms in total. The molecule has 2 aliphatic rings. The molecule has 21 rings (SSSR count). The molecule has 19 aromatic rings. The summed E-state index contributed by atoms with van der Waals surface area (Å²) in [5.41, 5.74) is 29.2. The standard InChI is InChI=1S/C116H94N4/c1-113(2,3)85-61-83(62-86(67-85)114(4,5)6)111-101-53-49-97(117-101)109(81-45-47-93-95(65-81)107(79-43-39-71-27-15-19-31-75(71)59-79)91-35-23-21-33-89(91)105(93)77-41-37-69-25-13-17-29-73(69)57-77)99-51-55-103(119-99)112(84-63-87(115(7,8)9)68-88(64-84)116(10,11)12)104-56-52-100(120-104)110(98-50-54-102(111)118-98)82-46-48-94-96(66-82)108(80-44-40-72-28-16-20-32-76(72)60-80)92-36-24-22-34-90(92)106(94)78-42-38-70-26-14-18-30-74(70)58-78/h13-68,117,120H,1-12H3. The van der Waals surface area contributed by atoms with E-state index in [2.05, 4.69) is 433 Å². The molecule has 16 aromatic carbocycles. The fourth-order valence-corrected chi connectivity index (χ4v) is 19.0. The van der Waals surface area contributed by atoms with Gasteiger partial charge in [-0.1, -0.05) is 338 Å². The second-order valence-corrected chi connectivity index (χ2v) is 37.5. The first-order chi connectivity index (χ1) is 57.9. The van der Waals surface area contributed by atoms with E-state index in [1.807, 2.05) is 0 Å². The molecule has 4 heteroatoms. The smallest absolute Gasteiger partial charge is 0.0737 e. The first-order valence-corrected chi connectivity index (χ1v) is 42.4. The highest BCUT2D eigenvalue weighted by Gasteiger charge is 2.29. The van der Waals surface area contributed by atoms with Gasteiger partial charge in [-0.3, -0.25) is 0 Å². The summed E-state index contributed by atoms with van der Waals surface area (Å²) < 4.78 is 0. The van der Waals surface area contributed by atoms with Crippen molar-refractivity contribution in [3.63, 3.8) is 0 Å². The lowest BCUT2D eigenvalue weighted by molar-refractivity contribution is 0.568. The van der Waals surface area contributed by atoms with Crippen molar-refractivity contribution >= 4 is 133 Å². The Balaban J connectivity index is 0.903. The Morgan fingerprint density at radius 3 is 0.658 bits per heavy atom. The maximum absolute atomic E-state index is 6.11. The van der Waals surface area contributed by atoms with E-state index >= 15 is 0 Å². The minimum Gasteiger partial charge on any atom is -0.354 e. The minimum atomic E-state index is -0.185. The Labute approximate surface area is 702 Å². The monoisotopic (exact) mass is 1540 g/mol. The Morgan fingerprint density at radius 1 is 0.175 bits per heavy atom. The predicted octanol–water partition coefficient (Wildman–Crippen LogP) is 32.4. The molecule has 3 aromatic heterocycles. The molecule has 5 heterocycles. The molecule has 0 amide bonds. The summed E-state index contributed by atoms with van der Waals surface area (Å²) in [5.74, 6) is 0. The van der Waals surface area contributed by atoms with Crippen LogP contribution in [0.4, 0.5) is 0 Å². The summed E-state index contributed by atoms with van der Waals surface area (Å²) in [7, 11) is 0. The minimum absolute atomic E-state index is 0.185. The fourth-order valence-electron chi connectivity index (χ4n) is 19.0. The van der Waals surface area contributed by atoms with E-state index < -0.39 is 0 Å². The van der Waals surface area contributed by atoms with Gasteiger partial charge in [-0.05, 0) is 282 Å². The molecule has 578 valence electrons. The van der Waals surface area contributed by atoms with Gasteiger partial charge in [0.25, 0.3) is 0 Å². The third-order valence-electron chi connectivity index (χ3n) is 25.4. The molecule has 0 radical (unpaired) electrons. The maximum Gasteiger partial charge on any atom is 0.0737 e. The number of hydrogen-bond acceptors (Lipinski definition) is 2. The van der Waals surface area contributed by atoms with Crippen molar-refractivity contribution < 1.29 is 0 Å². The normalized spacial score (nSPS) is 12.8. The van der Waals surface area contributed by atoms with Gasteiger partial charge in [0.15, 0.2) is 0 Å². The molecular formula is C116H94N4. The number of aromatic amines is 2. The SMILES string of the molecule is CC(C)(C)c1cc(-c2c3nc(c(-c4ccc5c(-c6ccc7ccccc7c6)c6ccccc6c(-c6ccc7ccccc7c6)c5c4)c4ccc([nH]4)c(-c4cc(C(C)(C)C)cc(C(C)(C)C)c4)c4nc(c(-c5ccc6c(-c7ccc8ccccc8c7)c7ccccc7c(-c7ccc8ccccc8c7)c6c5)c5ccc2[nH]5)C=C4)C=C3)cc(C(C)(C)C)c1. The number of H-pyrrole nitrogens is 2. The number of rotatable bonds is 8. The molecule has 120 heavy (non-hydrogen) atoms. The number of aromatic nitrogens is 4. The lowest BCUT2D eigenvalue weighted by Gasteiger charge is -2.26. The average molecular weight is 1540 g/mol. The molecule has 0 unspecified atom stereocenters. The Hall–Kier alpha value is -13.8. The number of nitrogens with one attached hydrogen (secondary N) is 2. The van der Waals surface area contributed by atoms with Gasteiger partial charge in [0, 0.05) is 44.3 Å². The zero-order chi connectivity index (χ0) is 81.8. The van der Waals surface area contributed by atoms with Gasteiger partial charge >= 0.3 is 0 Å². The van der Waals surface area contributed by atoms with Crippen LogP contribution in [0.1, 0.15) is 128 Å². The summed E-state index contributed by atoms with van der Waals surface area (Å²) in [6.07, 6.45) is 9.09. The van der Waals surface area contributed by atoms with E-state index in [4.69, 9.17) is 9.97 Å².